The molecule has 0 N–H and O–H groups in total. The van der Waals surface area contributed by atoms with Gasteiger partial charge in [0.25, 0.3) is 10.0 Å². The van der Waals surface area contributed by atoms with E-state index < -0.39 is 10.0 Å². The van der Waals surface area contributed by atoms with Gasteiger partial charge in [0.05, 0.1) is 25.0 Å². The minimum Gasteiger partial charge on any atom is -0.383 e. The van der Waals surface area contributed by atoms with Gasteiger partial charge < -0.3 is 4.74 Å². The molecule has 3 rings (SSSR count). The number of rotatable bonds is 5. The molecule has 1 aliphatic heterocycles. The first-order valence-corrected chi connectivity index (χ1v) is 9.52. The molecule has 130 valence electrons. The highest BCUT2D eigenvalue weighted by Gasteiger charge is 2.31. The molecule has 24 heavy (non-hydrogen) atoms. The summed E-state index contributed by atoms with van der Waals surface area (Å²) in [4.78, 5) is 0.228. The zero-order chi connectivity index (χ0) is 17.3. The minimum absolute atomic E-state index is 0.228. The first-order chi connectivity index (χ1) is 11.4. The lowest BCUT2D eigenvalue weighted by Gasteiger charge is -2.32. The number of benzene rings is 1. The number of anilines is 1. The van der Waals surface area contributed by atoms with Crippen LogP contribution in [0.5, 0.6) is 0 Å². The van der Waals surface area contributed by atoms with E-state index in [-0.39, 0.29) is 4.90 Å². The van der Waals surface area contributed by atoms with Gasteiger partial charge in [0.2, 0.25) is 0 Å². The summed E-state index contributed by atoms with van der Waals surface area (Å²) in [5.41, 5.74) is 4.10. The molecular formula is C17H23N3O3S. The van der Waals surface area contributed by atoms with Gasteiger partial charge in [0, 0.05) is 19.9 Å². The van der Waals surface area contributed by atoms with Crippen molar-refractivity contribution >= 4 is 15.7 Å². The molecule has 0 atom stereocenters. The van der Waals surface area contributed by atoms with E-state index >= 15 is 0 Å². The summed E-state index contributed by atoms with van der Waals surface area (Å²) >= 11 is 0. The summed E-state index contributed by atoms with van der Waals surface area (Å²) in [6, 6.07) is 4.13. The van der Waals surface area contributed by atoms with Crippen LogP contribution in [0.15, 0.2) is 29.4 Å². The number of aryl methyl sites for hydroxylation is 3. The second-order valence-electron chi connectivity index (χ2n) is 6.20. The minimum atomic E-state index is -3.61. The third-order valence-electron chi connectivity index (χ3n) is 4.30. The summed E-state index contributed by atoms with van der Waals surface area (Å²) in [5.74, 6) is 0. The highest BCUT2D eigenvalue weighted by atomic mass is 32.2. The van der Waals surface area contributed by atoms with Gasteiger partial charge in [0.15, 0.2) is 0 Å². The summed E-state index contributed by atoms with van der Waals surface area (Å²) in [7, 11) is -2.00. The van der Waals surface area contributed by atoms with E-state index in [1.54, 1.807) is 18.0 Å². The molecule has 0 saturated heterocycles. The maximum absolute atomic E-state index is 13.1. The molecular weight excluding hydrogens is 326 g/mol. The molecule has 1 aliphatic rings. The fourth-order valence-corrected chi connectivity index (χ4v) is 4.83. The summed E-state index contributed by atoms with van der Waals surface area (Å²) in [5, 5.41) is 4.14. The van der Waals surface area contributed by atoms with Gasteiger partial charge in [-0.05, 0) is 37.8 Å². The Labute approximate surface area is 143 Å². The maximum atomic E-state index is 13.1. The number of hydrogen-bond donors (Lipinski definition) is 0. The number of aromatic nitrogens is 2. The van der Waals surface area contributed by atoms with Crippen molar-refractivity contribution < 1.29 is 13.2 Å². The van der Waals surface area contributed by atoms with Gasteiger partial charge in [0.1, 0.15) is 4.90 Å². The normalized spacial score (nSPS) is 14.7. The van der Waals surface area contributed by atoms with E-state index in [4.69, 9.17) is 4.74 Å². The number of ether oxygens (including phenoxy) is 1. The molecule has 0 spiro atoms. The Balaban J connectivity index is 1.99. The van der Waals surface area contributed by atoms with E-state index in [2.05, 4.69) is 11.2 Å². The van der Waals surface area contributed by atoms with E-state index in [9.17, 15) is 8.42 Å². The van der Waals surface area contributed by atoms with Crippen LogP contribution in [0, 0.1) is 13.8 Å². The summed E-state index contributed by atoms with van der Waals surface area (Å²) in [6.07, 6.45) is 4.73. The Morgan fingerprint density at radius 3 is 2.83 bits per heavy atom. The van der Waals surface area contributed by atoms with Crippen molar-refractivity contribution in [3.63, 3.8) is 0 Å². The van der Waals surface area contributed by atoms with Gasteiger partial charge in [-0.1, -0.05) is 17.7 Å². The number of fused-ring (bicyclic) bond motifs is 1. The fraction of sp³-hybridized carbons (Fsp3) is 0.471. The topological polar surface area (TPSA) is 64.4 Å². The monoisotopic (exact) mass is 349 g/mol. The van der Waals surface area contributed by atoms with Crippen LogP contribution in [0.1, 0.15) is 23.1 Å². The van der Waals surface area contributed by atoms with E-state index in [0.29, 0.717) is 19.7 Å². The average Bonchev–Trinajstić information content (AvgIpc) is 3.01. The SMILES string of the molecule is COCCn1cc(S(=O)(=O)N2CCCc3cc(C)cc(C)c32)cn1. The first-order valence-electron chi connectivity index (χ1n) is 8.08. The highest BCUT2D eigenvalue weighted by molar-refractivity contribution is 7.92. The Morgan fingerprint density at radius 1 is 1.29 bits per heavy atom. The molecule has 0 bridgehead atoms. The smallest absolute Gasteiger partial charge is 0.267 e. The molecule has 0 unspecified atom stereocenters. The van der Waals surface area contributed by atoms with Crippen LogP contribution in [0.2, 0.25) is 0 Å². The van der Waals surface area contributed by atoms with Crippen LogP contribution in [0.25, 0.3) is 0 Å². The molecule has 0 amide bonds. The number of sulfonamides is 1. The van der Waals surface area contributed by atoms with Crippen LogP contribution >= 0.6 is 0 Å². The Kier molecular flexibility index (Phi) is 4.64. The lowest BCUT2D eigenvalue weighted by Crippen LogP contribution is -2.36. The van der Waals surface area contributed by atoms with Crippen LogP contribution in [0.3, 0.4) is 0 Å². The molecule has 2 heterocycles. The predicted molar refractivity (Wildman–Crippen MR) is 92.9 cm³/mol. The van der Waals surface area contributed by atoms with Gasteiger partial charge >= 0.3 is 0 Å². The predicted octanol–water partition coefficient (Wildman–Crippen LogP) is 2.29. The molecule has 0 saturated carbocycles. The van der Waals surface area contributed by atoms with Gasteiger partial charge in [-0.25, -0.2) is 8.42 Å². The summed E-state index contributed by atoms with van der Waals surface area (Å²) in [6.45, 7) is 5.54. The van der Waals surface area contributed by atoms with Crippen molar-refractivity contribution in [1.29, 1.82) is 0 Å². The molecule has 6 nitrogen and oxygen atoms in total. The molecule has 1 aromatic carbocycles. The average molecular weight is 349 g/mol. The second-order valence-corrected chi connectivity index (χ2v) is 8.06. The van der Waals surface area contributed by atoms with Crippen molar-refractivity contribution in [3.8, 4) is 0 Å². The largest absolute Gasteiger partial charge is 0.383 e. The molecule has 0 aliphatic carbocycles. The van der Waals surface area contributed by atoms with Crippen molar-refractivity contribution in [2.75, 3.05) is 24.6 Å². The van der Waals surface area contributed by atoms with E-state index in [0.717, 1.165) is 35.2 Å². The summed E-state index contributed by atoms with van der Waals surface area (Å²) < 4.78 is 34.4. The Morgan fingerprint density at radius 2 is 2.08 bits per heavy atom. The quantitative estimate of drug-likeness (QED) is 0.831. The molecule has 0 fully saturated rings. The van der Waals surface area contributed by atoms with Crippen LogP contribution < -0.4 is 4.31 Å². The third kappa shape index (κ3) is 3.06. The number of nitrogens with zero attached hydrogens (tertiary/aromatic N) is 3. The van der Waals surface area contributed by atoms with Crippen LogP contribution in [0.4, 0.5) is 5.69 Å². The Hall–Kier alpha value is -1.86. The van der Waals surface area contributed by atoms with Gasteiger partial charge in [-0.2, -0.15) is 5.10 Å². The Bertz CT molecular complexity index is 843. The van der Waals surface area contributed by atoms with Crippen molar-refractivity contribution in [2.24, 2.45) is 0 Å². The maximum Gasteiger partial charge on any atom is 0.267 e. The lowest BCUT2D eigenvalue weighted by molar-refractivity contribution is 0.183. The van der Waals surface area contributed by atoms with E-state index in [1.807, 2.05) is 19.9 Å². The number of methoxy groups -OCH3 is 1. The first kappa shape index (κ1) is 17.0. The number of hydrogen-bond acceptors (Lipinski definition) is 4. The van der Waals surface area contributed by atoms with Crippen molar-refractivity contribution in [2.45, 2.75) is 38.1 Å². The zero-order valence-corrected chi connectivity index (χ0v) is 15.1. The third-order valence-corrected chi connectivity index (χ3v) is 6.05. The molecule has 2 aromatic rings. The van der Waals surface area contributed by atoms with Crippen molar-refractivity contribution in [1.82, 2.24) is 9.78 Å². The second kappa shape index (κ2) is 6.57. The molecule has 0 radical (unpaired) electrons. The van der Waals surface area contributed by atoms with E-state index in [1.165, 1.54) is 10.5 Å². The lowest BCUT2D eigenvalue weighted by atomic mass is 9.97. The fourth-order valence-electron chi connectivity index (χ4n) is 3.27. The van der Waals surface area contributed by atoms with Crippen LogP contribution in [-0.2, 0) is 27.7 Å². The van der Waals surface area contributed by atoms with Crippen molar-refractivity contribution in [3.05, 3.63) is 41.2 Å². The standard InChI is InChI=1S/C17H23N3O3S/c1-13-9-14(2)17-15(10-13)5-4-6-20(17)24(21,22)16-11-18-19(12-16)7-8-23-3/h9-12H,4-8H2,1-3H3. The zero-order valence-electron chi connectivity index (χ0n) is 14.3. The molecule has 7 heteroatoms. The van der Waals surface area contributed by atoms with Gasteiger partial charge in [-0.15, -0.1) is 0 Å². The highest BCUT2D eigenvalue weighted by Crippen LogP contribution is 2.35. The van der Waals surface area contributed by atoms with Crippen LogP contribution in [-0.4, -0.2) is 38.5 Å². The van der Waals surface area contributed by atoms with Gasteiger partial charge in [-0.3, -0.25) is 8.99 Å². The molecule has 1 aromatic heterocycles.